The van der Waals surface area contributed by atoms with E-state index in [4.69, 9.17) is 9.73 Å². The average Bonchev–Trinajstić information content (AvgIpc) is 3.45. The van der Waals surface area contributed by atoms with E-state index in [2.05, 4.69) is 55.9 Å². The highest BCUT2D eigenvalue weighted by Gasteiger charge is 2.34. The number of allylic oxidation sites excluding steroid dienone is 1. The second-order valence-electron chi connectivity index (χ2n) is 6.96. The van der Waals surface area contributed by atoms with Crippen LogP contribution in [-0.2, 0) is 4.74 Å². The van der Waals surface area contributed by atoms with Gasteiger partial charge in [-0.1, -0.05) is 17.3 Å². The summed E-state index contributed by atoms with van der Waals surface area (Å²) in [4.78, 5) is 9.29. The number of benzene rings is 1. The minimum atomic E-state index is 0.290. The standard InChI is InChI=1S/C19H23N7O/c1-27-10-9-24-12-18-19(21-13-25(18)16-7-3-2-6-15(16)24)26-17(11-22-23-26)14-5-4-8-20-14/h2-3,6-7,11-12,14,20H,4-5,8-10,13H2,1H3. The zero-order valence-electron chi connectivity index (χ0n) is 15.4. The molecule has 1 unspecified atom stereocenters. The number of nitrogens with one attached hydrogen (secondary N) is 1. The Morgan fingerprint density at radius 2 is 2.15 bits per heavy atom. The van der Waals surface area contributed by atoms with Crippen molar-refractivity contribution in [2.45, 2.75) is 18.9 Å². The van der Waals surface area contributed by atoms with Crippen LogP contribution in [0.1, 0.15) is 24.6 Å². The Morgan fingerprint density at radius 3 is 2.96 bits per heavy atom. The van der Waals surface area contributed by atoms with Crippen LogP contribution in [0.15, 0.2) is 47.4 Å². The van der Waals surface area contributed by atoms with Gasteiger partial charge in [0.05, 0.1) is 35.9 Å². The Hall–Kier alpha value is -2.71. The zero-order valence-corrected chi connectivity index (χ0v) is 15.4. The molecule has 0 bridgehead atoms. The molecule has 5 rings (SSSR count). The predicted molar refractivity (Wildman–Crippen MR) is 104 cm³/mol. The Kier molecular flexibility index (Phi) is 4.14. The molecule has 1 N–H and O–H groups in total. The highest BCUT2D eigenvalue weighted by Crippen LogP contribution is 2.39. The van der Waals surface area contributed by atoms with E-state index < -0.39 is 0 Å². The van der Waals surface area contributed by atoms with Gasteiger partial charge in [0.15, 0.2) is 5.84 Å². The quantitative estimate of drug-likeness (QED) is 0.890. The summed E-state index contributed by atoms with van der Waals surface area (Å²) in [6.45, 7) is 3.07. The fraction of sp³-hybridized carbons (Fsp3) is 0.421. The summed E-state index contributed by atoms with van der Waals surface area (Å²) in [5.74, 6) is 0.855. The van der Waals surface area contributed by atoms with Crippen molar-refractivity contribution < 1.29 is 4.74 Å². The lowest BCUT2D eigenvalue weighted by atomic mass is 10.1. The number of rotatable bonds is 4. The second kappa shape index (κ2) is 6.79. The Morgan fingerprint density at radius 1 is 1.26 bits per heavy atom. The minimum Gasteiger partial charge on any atom is -0.383 e. The van der Waals surface area contributed by atoms with Gasteiger partial charge in [0.1, 0.15) is 12.4 Å². The molecule has 1 aromatic carbocycles. The molecular weight excluding hydrogens is 342 g/mol. The molecule has 3 aliphatic rings. The molecule has 0 amide bonds. The van der Waals surface area contributed by atoms with E-state index in [-0.39, 0.29) is 6.04 Å². The monoisotopic (exact) mass is 365 g/mol. The molecule has 8 heteroatoms. The molecule has 0 saturated carbocycles. The Balaban J connectivity index is 1.53. The maximum absolute atomic E-state index is 5.31. The van der Waals surface area contributed by atoms with Gasteiger partial charge in [0.2, 0.25) is 0 Å². The van der Waals surface area contributed by atoms with Crippen LogP contribution in [0.2, 0.25) is 0 Å². The van der Waals surface area contributed by atoms with Crippen molar-refractivity contribution in [1.29, 1.82) is 0 Å². The van der Waals surface area contributed by atoms with Gasteiger partial charge >= 0.3 is 0 Å². The number of aliphatic imine (C=N–C) groups is 1. The predicted octanol–water partition coefficient (Wildman–Crippen LogP) is 1.73. The summed E-state index contributed by atoms with van der Waals surface area (Å²) in [5, 5.41) is 12.1. The first-order valence-electron chi connectivity index (χ1n) is 9.40. The zero-order chi connectivity index (χ0) is 18.2. The Labute approximate surface area is 158 Å². The van der Waals surface area contributed by atoms with E-state index >= 15 is 0 Å². The van der Waals surface area contributed by atoms with E-state index in [0.717, 1.165) is 42.4 Å². The summed E-state index contributed by atoms with van der Waals surface area (Å²) >= 11 is 0. The van der Waals surface area contributed by atoms with Crippen LogP contribution >= 0.6 is 0 Å². The third-order valence-corrected chi connectivity index (χ3v) is 5.37. The summed E-state index contributed by atoms with van der Waals surface area (Å²) in [5.41, 5.74) is 4.46. The molecular formula is C19H23N7O. The number of para-hydroxylation sites is 2. The number of nitrogens with zero attached hydrogens (tertiary/aromatic N) is 6. The second-order valence-corrected chi connectivity index (χ2v) is 6.96. The number of hydrogen-bond donors (Lipinski definition) is 1. The summed E-state index contributed by atoms with van der Waals surface area (Å²) in [7, 11) is 1.73. The van der Waals surface area contributed by atoms with Crippen molar-refractivity contribution in [3.8, 4) is 0 Å². The van der Waals surface area contributed by atoms with Crippen LogP contribution in [0.3, 0.4) is 0 Å². The number of hydrogen-bond acceptors (Lipinski definition) is 7. The summed E-state index contributed by atoms with van der Waals surface area (Å²) in [6.07, 6.45) is 6.29. The van der Waals surface area contributed by atoms with Gasteiger partial charge < -0.3 is 19.9 Å². The van der Waals surface area contributed by atoms with Crippen LogP contribution in [0, 0.1) is 0 Å². The van der Waals surface area contributed by atoms with Gasteiger partial charge in [-0.2, -0.15) is 4.68 Å². The third kappa shape index (κ3) is 2.72. The molecule has 1 fully saturated rings. The molecule has 0 radical (unpaired) electrons. The number of anilines is 2. The van der Waals surface area contributed by atoms with Gasteiger partial charge in [0.25, 0.3) is 0 Å². The van der Waals surface area contributed by atoms with Crippen LogP contribution in [-0.4, -0.2) is 54.3 Å². The lowest BCUT2D eigenvalue weighted by molar-refractivity contribution is 0.207. The highest BCUT2D eigenvalue weighted by molar-refractivity contribution is 6.07. The number of fused-ring (bicyclic) bond motifs is 3. The fourth-order valence-corrected chi connectivity index (χ4v) is 4.03. The molecule has 1 atom stereocenters. The van der Waals surface area contributed by atoms with Gasteiger partial charge in [0, 0.05) is 19.9 Å². The molecule has 8 nitrogen and oxygen atoms in total. The van der Waals surface area contributed by atoms with Crippen molar-refractivity contribution in [3.63, 3.8) is 0 Å². The van der Waals surface area contributed by atoms with Crippen molar-refractivity contribution >= 4 is 17.2 Å². The molecule has 4 heterocycles. The van der Waals surface area contributed by atoms with Crippen molar-refractivity contribution in [2.75, 3.05) is 43.3 Å². The molecule has 0 aliphatic carbocycles. The fourth-order valence-electron chi connectivity index (χ4n) is 4.03. The van der Waals surface area contributed by atoms with Gasteiger partial charge in [-0.3, -0.25) is 0 Å². The number of methoxy groups -OCH3 is 1. The summed E-state index contributed by atoms with van der Waals surface area (Å²) < 4.78 is 7.21. The maximum atomic E-state index is 5.31. The Bertz CT molecular complexity index is 897. The smallest absolute Gasteiger partial charge is 0.178 e. The van der Waals surface area contributed by atoms with Crippen molar-refractivity contribution in [3.05, 3.63) is 48.1 Å². The SMILES string of the molecule is COCCN1C=C2C(n3nncc3C3CCCN3)=NCN2c2ccccc21. The molecule has 27 heavy (non-hydrogen) atoms. The van der Waals surface area contributed by atoms with Crippen LogP contribution < -0.4 is 15.1 Å². The van der Waals surface area contributed by atoms with E-state index in [9.17, 15) is 0 Å². The summed E-state index contributed by atoms with van der Waals surface area (Å²) in [6, 6.07) is 8.70. The molecule has 140 valence electrons. The maximum Gasteiger partial charge on any atom is 0.178 e. The third-order valence-electron chi connectivity index (χ3n) is 5.37. The molecule has 1 aromatic heterocycles. The lowest BCUT2D eigenvalue weighted by Crippen LogP contribution is -2.35. The van der Waals surface area contributed by atoms with Crippen LogP contribution in [0.25, 0.3) is 0 Å². The van der Waals surface area contributed by atoms with Gasteiger partial charge in [-0.25, -0.2) is 4.99 Å². The van der Waals surface area contributed by atoms with E-state index in [1.165, 1.54) is 12.1 Å². The van der Waals surface area contributed by atoms with E-state index in [0.29, 0.717) is 13.3 Å². The van der Waals surface area contributed by atoms with Crippen LogP contribution in [0.4, 0.5) is 11.4 Å². The first kappa shape index (κ1) is 16.5. The molecule has 0 spiro atoms. The molecule has 3 aliphatic heterocycles. The number of ether oxygens (including phenoxy) is 1. The molecule has 2 aromatic rings. The van der Waals surface area contributed by atoms with E-state index in [1.807, 2.05) is 10.9 Å². The topological polar surface area (TPSA) is 70.8 Å². The van der Waals surface area contributed by atoms with Crippen molar-refractivity contribution in [1.82, 2.24) is 20.3 Å². The van der Waals surface area contributed by atoms with Crippen molar-refractivity contribution in [2.24, 2.45) is 4.99 Å². The first-order chi connectivity index (χ1) is 13.4. The normalized spacial score (nSPS) is 21.1. The van der Waals surface area contributed by atoms with E-state index in [1.54, 1.807) is 7.11 Å². The molecule has 1 saturated heterocycles. The minimum absolute atomic E-state index is 0.290. The number of aromatic nitrogens is 3. The largest absolute Gasteiger partial charge is 0.383 e. The van der Waals surface area contributed by atoms with Gasteiger partial charge in [-0.15, -0.1) is 5.10 Å². The highest BCUT2D eigenvalue weighted by atomic mass is 16.5. The first-order valence-corrected chi connectivity index (χ1v) is 9.40. The average molecular weight is 365 g/mol. The lowest BCUT2D eigenvalue weighted by Gasteiger charge is -2.34. The van der Waals surface area contributed by atoms with Gasteiger partial charge in [-0.05, 0) is 31.5 Å². The van der Waals surface area contributed by atoms with Crippen LogP contribution in [0.5, 0.6) is 0 Å².